The summed E-state index contributed by atoms with van der Waals surface area (Å²) in [4.78, 5) is 0. The minimum Gasteiger partial charge on any atom is -0.493 e. The van der Waals surface area contributed by atoms with Crippen LogP contribution in [0.1, 0.15) is 18.5 Å². The molecule has 2 rings (SSSR count). The van der Waals surface area contributed by atoms with Crippen LogP contribution >= 0.6 is 11.6 Å². The Labute approximate surface area is 153 Å². The summed E-state index contributed by atoms with van der Waals surface area (Å²) in [5.74, 6) is 1.60. The summed E-state index contributed by atoms with van der Waals surface area (Å²) in [6.45, 7) is 2.51. The molecule has 0 spiro atoms. The first kappa shape index (κ1) is 19.4. The molecule has 2 atom stereocenters. The predicted octanol–water partition coefficient (Wildman–Crippen LogP) is 3.45. The second-order valence-electron chi connectivity index (χ2n) is 5.64. The summed E-state index contributed by atoms with van der Waals surface area (Å²) >= 11 is 6.01. The van der Waals surface area contributed by atoms with Crippen LogP contribution in [0.15, 0.2) is 42.5 Å². The number of ether oxygens (including phenoxy) is 3. The van der Waals surface area contributed by atoms with Crippen molar-refractivity contribution in [3.05, 3.63) is 53.1 Å². The fraction of sp³-hybridized carbons (Fsp3) is 0.368. The normalized spacial score (nSPS) is 13.2. The van der Waals surface area contributed by atoms with E-state index < -0.39 is 6.10 Å². The van der Waals surface area contributed by atoms with Crippen LogP contribution in [0.5, 0.6) is 17.2 Å². The van der Waals surface area contributed by atoms with Crippen molar-refractivity contribution >= 4 is 11.6 Å². The Balaban J connectivity index is 1.88. The van der Waals surface area contributed by atoms with Crippen molar-refractivity contribution in [2.45, 2.75) is 19.1 Å². The van der Waals surface area contributed by atoms with E-state index in [2.05, 4.69) is 5.32 Å². The first-order valence-electron chi connectivity index (χ1n) is 8.05. The van der Waals surface area contributed by atoms with E-state index in [1.165, 1.54) is 0 Å². The Morgan fingerprint density at radius 2 is 1.72 bits per heavy atom. The van der Waals surface area contributed by atoms with Crippen LogP contribution in [0.2, 0.25) is 5.02 Å². The molecule has 25 heavy (non-hydrogen) atoms. The highest BCUT2D eigenvalue weighted by atomic mass is 35.5. The molecule has 2 aromatic rings. The lowest BCUT2D eigenvalue weighted by Gasteiger charge is -2.19. The van der Waals surface area contributed by atoms with Gasteiger partial charge < -0.3 is 24.6 Å². The summed E-state index contributed by atoms with van der Waals surface area (Å²) in [7, 11) is 3.12. The summed E-state index contributed by atoms with van der Waals surface area (Å²) in [6, 6.07) is 13.1. The summed E-state index contributed by atoms with van der Waals surface area (Å²) in [5, 5.41) is 14.2. The van der Waals surface area contributed by atoms with Crippen molar-refractivity contribution in [2.75, 3.05) is 27.4 Å². The highest BCUT2D eigenvalue weighted by molar-refractivity contribution is 6.30. The average molecular weight is 366 g/mol. The number of benzene rings is 2. The van der Waals surface area contributed by atoms with Gasteiger partial charge in [-0.2, -0.15) is 0 Å². The smallest absolute Gasteiger partial charge is 0.203 e. The third kappa shape index (κ3) is 5.53. The maximum atomic E-state index is 10.2. The van der Waals surface area contributed by atoms with Gasteiger partial charge in [0.15, 0.2) is 11.5 Å². The van der Waals surface area contributed by atoms with Crippen LogP contribution in [0.4, 0.5) is 0 Å². The molecular formula is C19H24ClNO4. The lowest BCUT2D eigenvalue weighted by atomic mass is 10.1. The molecule has 0 saturated heterocycles. The molecule has 0 bridgehead atoms. The molecule has 0 fully saturated rings. The maximum absolute atomic E-state index is 10.2. The molecule has 0 aromatic heterocycles. The molecule has 0 radical (unpaired) electrons. The van der Waals surface area contributed by atoms with Crippen molar-refractivity contribution in [1.82, 2.24) is 5.32 Å². The molecule has 0 aliphatic heterocycles. The highest BCUT2D eigenvalue weighted by Gasteiger charge is 2.14. The zero-order chi connectivity index (χ0) is 18.2. The Morgan fingerprint density at radius 1 is 1.08 bits per heavy atom. The molecule has 2 unspecified atom stereocenters. The number of hydrogen-bond acceptors (Lipinski definition) is 5. The molecule has 0 saturated carbocycles. The van der Waals surface area contributed by atoms with E-state index in [0.29, 0.717) is 28.8 Å². The minimum atomic E-state index is -0.684. The maximum Gasteiger partial charge on any atom is 0.203 e. The molecule has 2 N–H and O–H groups in total. The predicted molar refractivity (Wildman–Crippen MR) is 98.9 cm³/mol. The average Bonchev–Trinajstić information content (AvgIpc) is 2.63. The first-order chi connectivity index (χ1) is 12.0. The SMILES string of the molecule is COc1cccc(OC)c1OCC(O)CNC(C)c1cccc(Cl)c1. The molecule has 0 heterocycles. The number of aliphatic hydroxyl groups excluding tert-OH is 1. The zero-order valence-corrected chi connectivity index (χ0v) is 15.4. The topological polar surface area (TPSA) is 60.0 Å². The van der Waals surface area contributed by atoms with Crippen molar-refractivity contribution in [3.63, 3.8) is 0 Å². The standard InChI is InChI=1S/C19H24ClNO4/c1-13(14-6-4-7-15(20)10-14)21-11-16(22)12-25-19-17(23-2)8-5-9-18(19)24-3/h4-10,13,16,21-22H,11-12H2,1-3H3. The minimum absolute atomic E-state index is 0.0640. The van der Waals surface area contributed by atoms with Gasteiger partial charge in [0.25, 0.3) is 0 Å². The van der Waals surface area contributed by atoms with Gasteiger partial charge in [0.1, 0.15) is 12.7 Å². The number of methoxy groups -OCH3 is 2. The molecule has 6 heteroatoms. The van der Waals surface area contributed by atoms with Crippen molar-refractivity contribution in [3.8, 4) is 17.2 Å². The van der Waals surface area contributed by atoms with Crippen LogP contribution < -0.4 is 19.5 Å². The van der Waals surface area contributed by atoms with E-state index in [0.717, 1.165) is 5.56 Å². The molecule has 136 valence electrons. The van der Waals surface area contributed by atoms with E-state index >= 15 is 0 Å². The van der Waals surface area contributed by atoms with Gasteiger partial charge in [-0.05, 0) is 36.8 Å². The molecule has 0 aliphatic rings. The number of halogens is 1. The molecule has 0 amide bonds. The van der Waals surface area contributed by atoms with Crippen LogP contribution in [0, 0.1) is 0 Å². The number of nitrogens with one attached hydrogen (secondary N) is 1. The number of rotatable bonds is 9. The lowest BCUT2D eigenvalue weighted by molar-refractivity contribution is 0.100. The van der Waals surface area contributed by atoms with E-state index in [-0.39, 0.29) is 12.6 Å². The second-order valence-corrected chi connectivity index (χ2v) is 6.08. The van der Waals surface area contributed by atoms with Gasteiger partial charge in [-0.3, -0.25) is 0 Å². The lowest BCUT2D eigenvalue weighted by Crippen LogP contribution is -2.33. The van der Waals surface area contributed by atoms with Crippen LogP contribution in [-0.2, 0) is 0 Å². The zero-order valence-electron chi connectivity index (χ0n) is 14.7. The van der Waals surface area contributed by atoms with Gasteiger partial charge >= 0.3 is 0 Å². The van der Waals surface area contributed by atoms with E-state index in [1.807, 2.05) is 37.3 Å². The Morgan fingerprint density at radius 3 is 2.32 bits per heavy atom. The number of aliphatic hydroxyl groups is 1. The monoisotopic (exact) mass is 365 g/mol. The third-order valence-corrected chi connectivity index (χ3v) is 4.05. The summed E-state index contributed by atoms with van der Waals surface area (Å²) in [5.41, 5.74) is 1.06. The Hall–Kier alpha value is -1.95. The Kier molecular flexibility index (Phi) is 7.37. The quantitative estimate of drug-likeness (QED) is 0.712. The van der Waals surface area contributed by atoms with Gasteiger partial charge in [0.2, 0.25) is 5.75 Å². The summed E-state index contributed by atoms with van der Waals surface area (Å²) in [6.07, 6.45) is -0.684. The van der Waals surface area contributed by atoms with Gasteiger partial charge in [-0.25, -0.2) is 0 Å². The number of para-hydroxylation sites is 1. The van der Waals surface area contributed by atoms with Crippen molar-refractivity contribution < 1.29 is 19.3 Å². The first-order valence-corrected chi connectivity index (χ1v) is 8.43. The van der Waals surface area contributed by atoms with Gasteiger partial charge in [0.05, 0.1) is 14.2 Å². The molecule has 2 aromatic carbocycles. The van der Waals surface area contributed by atoms with Gasteiger partial charge in [-0.15, -0.1) is 0 Å². The fourth-order valence-electron chi connectivity index (χ4n) is 2.40. The fourth-order valence-corrected chi connectivity index (χ4v) is 2.60. The van der Waals surface area contributed by atoms with Gasteiger partial charge in [-0.1, -0.05) is 29.8 Å². The largest absolute Gasteiger partial charge is 0.493 e. The Bertz CT molecular complexity index is 658. The number of hydrogen-bond donors (Lipinski definition) is 2. The van der Waals surface area contributed by atoms with E-state index in [4.69, 9.17) is 25.8 Å². The molecule has 5 nitrogen and oxygen atoms in total. The molecular weight excluding hydrogens is 342 g/mol. The van der Waals surface area contributed by atoms with Crippen LogP contribution in [0.3, 0.4) is 0 Å². The third-order valence-electron chi connectivity index (χ3n) is 3.81. The van der Waals surface area contributed by atoms with E-state index in [9.17, 15) is 5.11 Å². The van der Waals surface area contributed by atoms with Crippen LogP contribution in [0.25, 0.3) is 0 Å². The highest BCUT2D eigenvalue weighted by Crippen LogP contribution is 2.36. The second kappa shape index (κ2) is 9.51. The van der Waals surface area contributed by atoms with Crippen LogP contribution in [-0.4, -0.2) is 38.6 Å². The summed E-state index contributed by atoms with van der Waals surface area (Å²) < 4.78 is 16.3. The molecule has 0 aliphatic carbocycles. The van der Waals surface area contributed by atoms with Gasteiger partial charge in [0, 0.05) is 17.6 Å². The van der Waals surface area contributed by atoms with E-state index in [1.54, 1.807) is 26.4 Å². The van der Waals surface area contributed by atoms with Crippen molar-refractivity contribution in [2.24, 2.45) is 0 Å². The van der Waals surface area contributed by atoms with Crippen molar-refractivity contribution in [1.29, 1.82) is 0 Å².